The summed E-state index contributed by atoms with van der Waals surface area (Å²) in [6.07, 6.45) is 3.55. The lowest BCUT2D eigenvalue weighted by Gasteiger charge is -2.28. The first-order chi connectivity index (χ1) is 13.1. The highest BCUT2D eigenvalue weighted by atomic mass is 16.5. The summed E-state index contributed by atoms with van der Waals surface area (Å²) in [6.45, 7) is 7.98. The van der Waals surface area contributed by atoms with Crippen LogP contribution in [0.4, 0.5) is 0 Å². The highest BCUT2D eigenvalue weighted by Gasteiger charge is 2.21. The fraction of sp³-hybridized carbons (Fsp3) is 0.545. The molecule has 1 saturated heterocycles. The molecular formula is C22H31NO4. The fourth-order valence-electron chi connectivity index (χ4n) is 3.59. The van der Waals surface area contributed by atoms with Gasteiger partial charge in [0.2, 0.25) is 0 Å². The molecule has 0 radical (unpaired) electrons. The Morgan fingerprint density at radius 2 is 2.19 bits per heavy atom. The van der Waals surface area contributed by atoms with Crippen LogP contribution in [0.2, 0.25) is 0 Å². The van der Waals surface area contributed by atoms with E-state index < -0.39 is 6.10 Å². The Hall–Kier alpha value is -1.66. The summed E-state index contributed by atoms with van der Waals surface area (Å²) in [5, 5.41) is 10.5. The molecule has 0 aliphatic carbocycles. The fourth-order valence-corrected chi connectivity index (χ4v) is 3.59. The highest BCUT2D eigenvalue weighted by molar-refractivity contribution is 5.30. The molecule has 148 valence electrons. The molecule has 5 heteroatoms. The molecule has 0 spiro atoms. The van der Waals surface area contributed by atoms with Crippen molar-refractivity contribution in [2.45, 2.75) is 52.0 Å². The van der Waals surface area contributed by atoms with Gasteiger partial charge in [-0.3, -0.25) is 4.90 Å². The maximum atomic E-state index is 10.5. The van der Waals surface area contributed by atoms with E-state index in [2.05, 4.69) is 36.9 Å². The van der Waals surface area contributed by atoms with E-state index in [1.54, 1.807) is 6.26 Å². The van der Waals surface area contributed by atoms with Crippen molar-refractivity contribution < 1.29 is 19.0 Å². The average molecular weight is 373 g/mol. The summed E-state index contributed by atoms with van der Waals surface area (Å²) in [4.78, 5) is 2.29. The zero-order valence-electron chi connectivity index (χ0n) is 16.4. The molecule has 2 atom stereocenters. The standard InChI is InChI=1S/C22H31NO4/c1-17-7-8-19(18(2)11-17)12-23(14-21-5-3-9-26-21)13-20(24)15-25-16-22-6-4-10-27-22/h4,6-8,10-11,20-21,24H,3,5,9,12-16H2,1-2H3/t20-,21-/m1/s1. The van der Waals surface area contributed by atoms with E-state index >= 15 is 0 Å². The summed E-state index contributed by atoms with van der Waals surface area (Å²) in [5.74, 6) is 0.772. The average Bonchev–Trinajstić information content (AvgIpc) is 3.31. The van der Waals surface area contributed by atoms with Crippen molar-refractivity contribution in [1.82, 2.24) is 4.90 Å². The lowest BCUT2D eigenvalue weighted by molar-refractivity contribution is -0.00639. The molecule has 0 bridgehead atoms. The van der Waals surface area contributed by atoms with Gasteiger partial charge in [0.25, 0.3) is 0 Å². The van der Waals surface area contributed by atoms with Gasteiger partial charge in [0.05, 0.1) is 25.1 Å². The number of hydrogen-bond acceptors (Lipinski definition) is 5. The molecular weight excluding hydrogens is 342 g/mol. The first kappa shape index (κ1) is 20.1. The first-order valence-corrected chi connectivity index (χ1v) is 9.78. The van der Waals surface area contributed by atoms with Gasteiger partial charge >= 0.3 is 0 Å². The maximum Gasteiger partial charge on any atom is 0.129 e. The van der Waals surface area contributed by atoms with Gasteiger partial charge in [0.15, 0.2) is 0 Å². The number of aliphatic hydroxyl groups excluding tert-OH is 1. The van der Waals surface area contributed by atoms with Crippen molar-refractivity contribution in [3.05, 3.63) is 59.0 Å². The Kier molecular flexibility index (Phi) is 7.47. The molecule has 0 unspecified atom stereocenters. The van der Waals surface area contributed by atoms with E-state index in [1.165, 1.54) is 16.7 Å². The second-order valence-corrected chi connectivity index (χ2v) is 7.51. The predicted octanol–water partition coefficient (Wildman–Crippen LogP) is 3.46. The van der Waals surface area contributed by atoms with Crippen LogP contribution in [0.1, 0.15) is 35.3 Å². The van der Waals surface area contributed by atoms with Crippen LogP contribution in [-0.4, -0.2) is 48.5 Å². The Bertz CT molecular complexity index is 680. The van der Waals surface area contributed by atoms with E-state index in [0.717, 1.165) is 38.3 Å². The van der Waals surface area contributed by atoms with Crippen LogP contribution in [0.25, 0.3) is 0 Å². The number of hydrogen-bond donors (Lipinski definition) is 1. The Morgan fingerprint density at radius 3 is 2.89 bits per heavy atom. The second kappa shape index (κ2) is 10.0. The Balaban J connectivity index is 1.54. The number of benzene rings is 1. The van der Waals surface area contributed by atoms with Gasteiger partial charge in [-0.15, -0.1) is 0 Å². The minimum absolute atomic E-state index is 0.256. The minimum Gasteiger partial charge on any atom is -0.467 e. The topological polar surface area (TPSA) is 55.1 Å². The van der Waals surface area contributed by atoms with Crippen molar-refractivity contribution in [2.75, 3.05) is 26.3 Å². The summed E-state index contributed by atoms with van der Waals surface area (Å²) in [5.41, 5.74) is 3.85. The highest BCUT2D eigenvalue weighted by Crippen LogP contribution is 2.18. The number of aryl methyl sites for hydroxylation is 2. The van der Waals surface area contributed by atoms with Gasteiger partial charge in [0, 0.05) is 26.2 Å². The van der Waals surface area contributed by atoms with Gasteiger partial charge < -0.3 is 19.0 Å². The largest absolute Gasteiger partial charge is 0.467 e. The molecule has 1 N–H and O–H groups in total. The van der Waals surface area contributed by atoms with Crippen molar-refractivity contribution in [3.8, 4) is 0 Å². The van der Waals surface area contributed by atoms with E-state index in [-0.39, 0.29) is 12.7 Å². The summed E-state index contributed by atoms with van der Waals surface area (Å²) in [6, 6.07) is 10.3. The normalized spacial score (nSPS) is 18.3. The molecule has 2 heterocycles. The molecule has 0 saturated carbocycles. The van der Waals surface area contributed by atoms with Crippen LogP contribution in [-0.2, 0) is 22.6 Å². The van der Waals surface area contributed by atoms with Crippen LogP contribution in [0.3, 0.4) is 0 Å². The monoisotopic (exact) mass is 373 g/mol. The zero-order chi connectivity index (χ0) is 19.1. The zero-order valence-corrected chi connectivity index (χ0v) is 16.4. The third kappa shape index (κ3) is 6.47. The van der Waals surface area contributed by atoms with Crippen LogP contribution < -0.4 is 0 Å². The van der Waals surface area contributed by atoms with E-state index in [1.807, 2.05) is 12.1 Å². The van der Waals surface area contributed by atoms with E-state index in [0.29, 0.717) is 13.2 Å². The molecule has 0 amide bonds. The number of ether oxygens (including phenoxy) is 2. The molecule has 27 heavy (non-hydrogen) atoms. The number of rotatable bonds is 10. The van der Waals surface area contributed by atoms with Crippen molar-refractivity contribution in [3.63, 3.8) is 0 Å². The van der Waals surface area contributed by atoms with Gasteiger partial charge in [-0.2, -0.15) is 0 Å². The molecule has 2 aromatic rings. The lowest BCUT2D eigenvalue weighted by Crippen LogP contribution is -2.39. The first-order valence-electron chi connectivity index (χ1n) is 9.78. The van der Waals surface area contributed by atoms with Crippen molar-refractivity contribution >= 4 is 0 Å². The van der Waals surface area contributed by atoms with Crippen LogP contribution in [0.15, 0.2) is 41.0 Å². The summed E-state index contributed by atoms with van der Waals surface area (Å²) in [7, 11) is 0. The SMILES string of the molecule is Cc1ccc(CN(C[C@@H](O)COCc2ccco2)C[C@H]2CCCO2)c(C)c1. The molecule has 1 aliphatic rings. The van der Waals surface area contributed by atoms with Gasteiger partial charge in [-0.05, 0) is 49.9 Å². The molecule has 1 aromatic heterocycles. The number of nitrogens with zero attached hydrogens (tertiary/aromatic N) is 1. The number of aliphatic hydroxyl groups is 1. The molecule has 1 aromatic carbocycles. The summed E-state index contributed by atoms with van der Waals surface area (Å²) >= 11 is 0. The van der Waals surface area contributed by atoms with Gasteiger partial charge in [-0.1, -0.05) is 23.8 Å². The second-order valence-electron chi connectivity index (χ2n) is 7.51. The minimum atomic E-state index is -0.549. The number of furan rings is 1. The lowest BCUT2D eigenvalue weighted by atomic mass is 10.0. The van der Waals surface area contributed by atoms with Crippen LogP contribution in [0, 0.1) is 13.8 Å². The Morgan fingerprint density at radius 1 is 1.30 bits per heavy atom. The molecule has 3 rings (SSSR count). The van der Waals surface area contributed by atoms with E-state index in [4.69, 9.17) is 13.9 Å². The van der Waals surface area contributed by atoms with Crippen molar-refractivity contribution in [1.29, 1.82) is 0 Å². The van der Waals surface area contributed by atoms with Gasteiger partial charge in [-0.25, -0.2) is 0 Å². The van der Waals surface area contributed by atoms with Crippen LogP contribution >= 0.6 is 0 Å². The summed E-state index contributed by atoms with van der Waals surface area (Å²) < 4.78 is 16.7. The Labute approximate surface area is 161 Å². The smallest absolute Gasteiger partial charge is 0.129 e. The quantitative estimate of drug-likeness (QED) is 0.691. The van der Waals surface area contributed by atoms with Crippen LogP contribution in [0.5, 0.6) is 0 Å². The molecule has 1 fully saturated rings. The third-order valence-electron chi connectivity index (χ3n) is 4.98. The molecule has 5 nitrogen and oxygen atoms in total. The van der Waals surface area contributed by atoms with Crippen molar-refractivity contribution in [2.24, 2.45) is 0 Å². The van der Waals surface area contributed by atoms with E-state index in [9.17, 15) is 5.11 Å². The van der Waals surface area contributed by atoms with Gasteiger partial charge in [0.1, 0.15) is 12.4 Å². The molecule has 1 aliphatic heterocycles. The maximum absolute atomic E-state index is 10.5. The predicted molar refractivity (Wildman–Crippen MR) is 105 cm³/mol. The third-order valence-corrected chi connectivity index (χ3v) is 4.98.